The van der Waals surface area contributed by atoms with Gasteiger partial charge in [0.15, 0.2) is 0 Å². The molecule has 4 aromatic rings. The predicted molar refractivity (Wildman–Crippen MR) is 147 cm³/mol. The molecule has 0 radical (unpaired) electrons. The molecule has 0 aliphatic heterocycles. The van der Waals surface area contributed by atoms with Gasteiger partial charge in [-0.25, -0.2) is 9.97 Å². The minimum atomic E-state index is -0.218. The predicted octanol–water partition coefficient (Wildman–Crippen LogP) is 3.28. The number of aliphatic hydroxyl groups is 2. The van der Waals surface area contributed by atoms with Crippen LogP contribution in [0.2, 0.25) is 0 Å². The number of carbonyl (C=O) groups is 1. The minimum Gasteiger partial charge on any atom is -0.395 e. The number of nitrogens with one attached hydrogen (secondary N) is 2. The zero-order valence-electron chi connectivity index (χ0n) is 21.8. The lowest BCUT2D eigenvalue weighted by Gasteiger charge is -2.21. The van der Waals surface area contributed by atoms with Crippen molar-refractivity contribution in [2.45, 2.75) is 20.4 Å². The molecule has 10 nitrogen and oxygen atoms in total. The molecule has 1 amide bonds. The summed E-state index contributed by atoms with van der Waals surface area (Å²) in [4.78, 5) is 24.0. The van der Waals surface area contributed by atoms with E-state index in [1.165, 1.54) is 0 Å². The first-order valence-electron chi connectivity index (χ1n) is 12.4. The molecule has 0 aliphatic carbocycles. The van der Waals surface area contributed by atoms with E-state index in [-0.39, 0.29) is 19.1 Å². The van der Waals surface area contributed by atoms with E-state index in [9.17, 15) is 15.0 Å². The van der Waals surface area contributed by atoms with Gasteiger partial charge in [-0.15, -0.1) is 0 Å². The molecule has 0 saturated carbocycles. The van der Waals surface area contributed by atoms with Gasteiger partial charge in [0.1, 0.15) is 0 Å². The van der Waals surface area contributed by atoms with Crippen molar-refractivity contribution in [3.05, 3.63) is 83.3 Å². The number of nitrogens with zero attached hydrogens (tertiary/aromatic N) is 5. The molecule has 198 valence electrons. The third-order valence-corrected chi connectivity index (χ3v) is 6.14. The third kappa shape index (κ3) is 6.80. The highest BCUT2D eigenvalue weighted by molar-refractivity contribution is 6.04. The number of aromatic nitrogens is 4. The minimum absolute atomic E-state index is 0.0159. The summed E-state index contributed by atoms with van der Waals surface area (Å²) in [6.07, 6.45) is 5.44. The second kappa shape index (κ2) is 12.4. The molecule has 2 aromatic carbocycles. The average Bonchev–Trinajstić information content (AvgIpc) is 3.34. The SMILES string of the molecule is Cc1ccc(CN(CCO)CCO)cc1NC(=O)c1ccc(Nc2ncc(C)c(-c3cnn(C)c3)n2)cc1. The van der Waals surface area contributed by atoms with Crippen LogP contribution in [0.5, 0.6) is 0 Å². The van der Waals surface area contributed by atoms with E-state index in [4.69, 9.17) is 0 Å². The highest BCUT2D eigenvalue weighted by atomic mass is 16.3. The standard InChI is InChI=1S/C28H33N7O3/c1-19-4-5-21(17-35(10-12-36)11-13-37)14-25(19)32-27(38)22-6-8-24(9-7-22)31-28-29-15-20(2)26(33-28)23-16-30-34(3)18-23/h4-9,14-16,18,36-37H,10-13,17H2,1-3H3,(H,32,38)(H,29,31,33). The van der Waals surface area contributed by atoms with Crippen molar-refractivity contribution in [2.24, 2.45) is 7.05 Å². The maximum absolute atomic E-state index is 13.0. The van der Waals surface area contributed by atoms with E-state index in [1.54, 1.807) is 29.2 Å². The first kappa shape index (κ1) is 26.9. The molecule has 0 unspecified atom stereocenters. The Kier molecular flexibility index (Phi) is 8.80. The Balaban J connectivity index is 1.43. The Morgan fingerprint density at radius 3 is 2.39 bits per heavy atom. The Labute approximate surface area is 222 Å². The van der Waals surface area contributed by atoms with E-state index < -0.39 is 0 Å². The maximum atomic E-state index is 13.0. The van der Waals surface area contributed by atoms with Gasteiger partial charge in [0.2, 0.25) is 5.95 Å². The molecule has 4 rings (SSSR count). The summed E-state index contributed by atoms with van der Waals surface area (Å²) < 4.78 is 1.73. The maximum Gasteiger partial charge on any atom is 0.255 e. The van der Waals surface area contributed by atoms with Gasteiger partial charge in [0.25, 0.3) is 5.91 Å². The number of benzene rings is 2. The van der Waals surface area contributed by atoms with Gasteiger partial charge in [-0.1, -0.05) is 12.1 Å². The van der Waals surface area contributed by atoms with Gasteiger partial charge < -0.3 is 20.8 Å². The normalized spacial score (nSPS) is 11.1. The van der Waals surface area contributed by atoms with Crippen LogP contribution >= 0.6 is 0 Å². The largest absolute Gasteiger partial charge is 0.395 e. The van der Waals surface area contributed by atoms with Crippen molar-refractivity contribution in [1.29, 1.82) is 0 Å². The van der Waals surface area contributed by atoms with Gasteiger partial charge in [-0.2, -0.15) is 5.10 Å². The van der Waals surface area contributed by atoms with Crippen LogP contribution in [0.15, 0.2) is 61.1 Å². The van der Waals surface area contributed by atoms with Crippen molar-refractivity contribution >= 4 is 23.2 Å². The van der Waals surface area contributed by atoms with Crippen LogP contribution < -0.4 is 10.6 Å². The smallest absolute Gasteiger partial charge is 0.255 e. The molecule has 10 heteroatoms. The molecule has 4 N–H and O–H groups in total. The lowest BCUT2D eigenvalue weighted by atomic mass is 10.1. The van der Waals surface area contributed by atoms with Crippen LogP contribution in [0.1, 0.15) is 27.0 Å². The molecule has 0 saturated heterocycles. The van der Waals surface area contributed by atoms with Crippen LogP contribution in [0.25, 0.3) is 11.3 Å². The van der Waals surface area contributed by atoms with Crippen molar-refractivity contribution in [3.63, 3.8) is 0 Å². The summed E-state index contributed by atoms with van der Waals surface area (Å²) >= 11 is 0. The number of carbonyl (C=O) groups excluding carboxylic acids is 1. The number of rotatable bonds is 11. The zero-order valence-corrected chi connectivity index (χ0v) is 21.8. The fourth-order valence-corrected chi connectivity index (χ4v) is 4.08. The molecule has 2 aromatic heterocycles. The third-order valence-electron chi connectivity index (χ3n) is 6.14. The first-order valence-corrected chi connectivity index (χ1v) is 12.4. The molecule has 0 spiro atoms. The average molecular weight is 516 g/mol. The molecule has 0 bridgehead atoms. The molecule has 0 aliphatic rings. The quantitative estimate of drug-likeness (QED) is 0.240. The zero-order chi connectivity index (χ0) is 27.1. The van der Waals surface area contributed by atoms with Crippen molar-refractivity contribution in [1.82, 2.24) is 24.6 Å². The highest BCUT2D eigenvalue weighted by Gasteiger charge is 2.12. The monoisotopic (exact) mass is 515 g/mol. The number of anilines is 3. The topological polar surface area (TPSA) is 128 Å². The molecular formula is C28H33N7O3. The van der Waals surface area contributed by atoms with Crippen LogP contribution in [0, 0.1) is 13.8 Å². The van der Waals surface area contributed by atoms with E-state index in [1.807, 2.05) is 62.3 Å². The lowest BCUT2D eigenvalue weighted by molar-refractivity contribution is 0.102. The van der Waals surface area contributed by atoms with Gasteiger partial charge >= 0.3 is 0 Å². The van der Waals surface area contributed by atoms with E-state index in [0.29, 0.717) is 31.1 Å². The number of hydrogen-bond acceptors (Lipinski definition) is 8. The molecule has 0 fully saturated rings. The van der Waals surface area contributed by atoms with Crippen LogP contribution in [0.4, 0.5) is 17.3 Å². The summed E-state index contributed by atoms with van der Waals surface area (Å²) in [6, 6.07) is 13.0. The van der Waals surface area contributed by atoms with E-state index in [0.717, 1.165) is 39.3 Å². The number of aliphatic hydroxyl groups excluding tert-OH is 2. The van der Waals surface area contributed by atoms with Crippen LogP contribution in [0.3, 0.4) is 0 Å². The number of hydrogen-bond donors (Lipinski definition) is 4. The lowest BCUT2D eigenvalue weighted by Crippen LogP contribution is -2.29. The molecule has 2 heterocycles. The number of amides is 1. The molecular weight excluding hydrogens is 482 g/mol. The Bertz CT molecular complexity index is 1380. The van der Waals surface area contributed by atoms with Gasteiger partial charge in [0, 0.05) is 61.6 Å². The summed E-state index contributed by atoms with van der Waals surface area (Å²) in [6.45, 7) is 5.42. The summed E-state index contributed by atoms with van der Waals surface area (Å²) in [5.74, 6) is 0.236. The number of aryl methyl sites for hydroxylation is 3. The molecule has 0 atom stereocenters. The highest BCUT2D eigenvalue weighted by Crippen LogP contribution is 2.23. The van der Waals surface area contributed by atoms with Crippen LogP contribution in [-0.2, 0) is 13.6 Å². The Morgan fingerprint density at radius 1 is 1.00 bits per heavy atom. The van der Waals surface area contributed by atoms with E-state index in [2.05, 4.69) is 25.7 Å². The van der Waals surface area contributed by atoms with Crippen LogP contribution in [-0.4, -0.2) is 67.1 Å². The summed E-state index contributed by atoms with van der Waals surface area (Å²) in [5, 5.41) is 28.9. The van der Waals surface area contributed by atoms with Crippen molar-refractivity contribution in [3.8, 4) is 11.3 Å². The summed E-state index contributed by atoms with van der Waals surface area (Å²) in [7, 11) is 1.86. The fraction of sp³-hybridized carbons (Fsp3) is 0.286. The van der Waals surface area contributed by atoms with Gasteiger partial charge in [-0.05, 0) is 60.9 Å². The second-order valence-electron chi connectivity index (χ2n) is 9.16. The molecule has 38 heavy (non-hydrogen) atoms. The van der Waals surface area contributed by atoms with E-state index >= 15 is 0 Å². The fourth-order valence-electron chi connectivity index (χ4n) is 4.08. The van der Waals surface area contributed by atoms with Gasteiger partial charge in [0.05, 0.1) is 25.1 Å². The summed E-state index contributed by atoms with van der Waals surface area (Å²) in [5.41, 5.74) is 6.59. The van der Waals surface area contributed by atoms with Crippen molar-refractivity contribution in [2.75, 3.05) is 36.9 Å². The second-order valence-corrected chi connectivity index (χ2v) is 9.16. The first-order chi connectivity index (χ1) is 18.4. The Hall–Kier alpha value is -4.12. The van der Waals surface area contributed by atoms with Crippen molar-refractivity contribution < 1.29 is 15.0 Å². The van der Waals surface area contributed by atoms with Gasteiger partial charge in [-0.3, -0.25) is 14.4 Å². The Morgan fingerprint density at radius 2 is 1.74 bits per heavy atom.